The van der Waals surface area contributed by atoms with Crippen LogP contribution in [0.5, 0.6) is 11.5 Å². The van der Waals surface area contributed by atoms with E-state index in [9.17, 15) is 4.79 Å². The molecular formula is C44H45Cl4N5O4. The molecule has 0 saturated carbocycles. The Bertz CT molecular complexity index is 2160. The van der Waals surface area contributed by atoms with E-state index in [4.69, 9.17) is 48.0 Å². The van der Waals surface area contributed by atoms with Crippen molar-refractivity contribution in [3.63, 3.8) is 0 Å². The van der Waals surface area contributed by atoms with Crippen LogP contribution < -0.4 is 26.7 Å². The second kappa shape index (κ2) is 20.2. The molecule has 0 atom stereocenters. The Balaban J connectivity index is 0.000000220. The number of hydrogen-bond donors (Lipinski definition) is 1. The Hall–Kier alpha value is -4.64. The summed E-state index contributed by atoms with van der Waals surface area (Å²) in [4.78, 5) is 16.7. The Morgan fingerprint density at radius 3 is 2.25 bits per heavy atom. The predicted octanol–water partition coefficient (Wildman–Crippen LogP) is 6.36. The summed E-state index contributed by atoms with van der Waals surface area (Å²) >= 11 is 12.9. The molecule has 1 aromatic heterocycles. The molecule has 298 valence electrons. The predicted molar refractivity (Wildman–Crippen MR) is 222 cm³/mol. The number of benzene rings is 5. The highest BCUT2D eigenvalue weighted by atomic mass is 35.5. The van der Waals surface area contributed by atoms with Gasteiger partial charge in [-0.2, -0.15) is 0 Å². The van der Waals surface area contributed by atoms with Crippen LogP contribution in [-0.4, -0.2) is 57.2 Å². The Kier molecular flexibility index (Phi) is 15.4. The van der Waals surface area contributed by atoms with Crippen molar-refractivity contribution in [2.45, 2.75) is 51.0 Å². The second-order valence-electron chi connectivity index (χ2n) is 13.8. The number of halogens is 4. The van der Waals surface area contributed by atoms with E-state index >= 15 is 0 Å². The van der Waals surface area contributed by atoms with E-state index in [0.717, 1.165) is 78.5 Å². The third-order valence-electron chi connectivity index (χ3n) is 10.3. The minimum Gasteiger partial charge on any atom is -1.00 e. The molecule has 6 aromatic rings. The maximum absolute atomic E-state index is 10.7. The third-order valence-corrected chi connectivity index (χ3v) is 11.1. The van der Waals surface area contributed by atoms with E-state index < -0.39 is 5.97 Å². The molecule has 1 spiro atoms. The SMILES string of the molecule is CCc1ccc(Cl)c(COc2ccc3c(c2)OCC32CCN(CCCC(=O)O)CC2)c1Cl.Cl.[Cl-].c1ccc(-c2nn(-c3ccccc3)[n+](-c3ccccc3)n2)cc1. The average molecular weight is 850 g/mol. The number of carbonyl (C=O) groups is 1. The van der Waals surface area contributed by atoms with Crippen LogP contribution >= 0.6 is 35.6 Å². The lowest BCUT2D eigenvalue weighted by Gasteiger charge is -2.38. The lowest BCUT2D eigenvalue weighted by atomic mass is 9.74. The largest absolute Gasteiger partial charge is 1.00 e. The molecule has 57 heavy (non-hydrogen) atoms. The van der Waals surface area contributed by atoms with Gasteiger partial charge in [-0.3, -0.25) is 4.79 Å². The molecule has 2 aliphatic heterocycles. The molecule has 1 saturated heterocycles. The zero-order valence-electron chi connectivity index (χ0n) is 31.6. The summed E-state index contributed by atoms with van der Waals surface area (Å²) in [6.07, 6.45) is 3.81. The van der Waals surface area contributed by atoms with Gasteiger partial charge in [0, 0.05) is 38.8 Å². The van der Waals surface area contributed by atoms with Gasteiger partial charge in [-0.25, -0.2) is 0 Å². The van der Waals surface area contributed by atoms with Crippen molar-refractivity contribution in [1.82, 2.24) is 19.9 Å². The first-order valence-corrected chi connectivity index (χ1v) is 19.4. The van der Waals surface area contributed by atoms with E-state index in [-0.39, 0.29) is 36.6 Å². The number of aryl methyl sites for hydroxylation is 1. The lowest BCUT2D eigenvalue weighted by Crippen LogP contribution is -3.00. The van der Waals surface area contributed by atoms with Crippen molar-refractivity contribution >= 4 is 41.6 Å². The van der Waals surface area contributed by atoms with Crippen LogP contribution in [0.4, 0.5) is 0 Å². The van der Waals surface area contributed by atoms with Crippen molar-refractivity contribution in [3.05, 3.63) is 148 Å². The fourth-order valence-corrected chi connectivity index (χ4v) is 7.78. The van der Waals surface area contributed by atoms with E-state index in [1.165, 1.54) is 5.56 Å². The highest BCUT2D eigenvalue weighted by Gasteiger charge is 2.43. The summed E-state index contributed by atoms with van der Waals surface area (Å²) in [5.74, 6) is 1.60. The molecule has 3 heterocycles. The van der Waals surface area contributed by atoms with Crippen LogP contribution in [0.2, 0.25) is 10.0 Å². The van der Waals surface area contributed by atoms with Gasteiger partial charge in [0.15, 0.2) is 5.69 Å². The molecule has 0 bridgehead atoms. The molecule has 0 radical (unpaired) electrons. The fourth-order valence-electron chi connectivity index (χ4n) is 7.17. The lowest BCUT2D eigenvalue weighted by molar-refractivity contribution is -0.734. The number of fused-ring (bicyclic) bond motifs is 2. The monoisotopic (exact) mass is 847 g/mol. The van der Waals surface area contributed by atoms with Crippen molar-refractivity contribution < 1.29 is 36.6 Å². The van der Waals surface area contributed by atoms with Gasteiger partial charge in [0.25, 0.3) is 0 Å². The minimum absolute atomic E-state index is 0. The zero-order chi connectivity index (χ0) is 38.2. The summed E-state index contributed by atoms with van der Waals surface area (Å²) in [5.41, 5.74) is 6.08. The van der Waals surface area contributed by atoms with E-state index in [0.29, 0.717) is 35.5 Å². The smallest absolute Gasteiger partial charge is 0.340 e. The maximum Gasteiger partial charge on any atom is 0.340 e. The molecule has 8 rings (SSSR count). The third kappa shape index (κ3) is 10.3. The number of hydrogen-bond acceptors (Lipinski definition) is 6. The number of carboxylic acid groups (broad SMARTS) is 1. The van der Waals surface area contributed by atoms with Gasteiger partial charge in [0.1, 0.15) is 23.8 Å². The molecule has 13 heteroatoms. The number of ether oxygens (including phenoxy) is 2. The summed E-state index contributed by atoms with van der Waals surface area (Å²) in [5, 5.41) is 19.5. The molecule has 9 nitrogen and oxygen atoms in total. The van der Waals surface area contributed by atoms with E-state index in [1.807, 2.05) is 125 Å². The van der Waals surface area contributed by atoms with Crippen LogP contribution in [0.3, 0.4) is 0 Å². The molecule has 0 unspecified atom stereocenters. The van der Waals surface area contributed by atoms with Gasteiger partial charge < -0.3 is 31.9 Å². The summed E-state index contributed by atoms with van der Waals surface area (Å²) in [6, 6.07) is 39.9. The molecular weight excluding hydrogens is 804 g/mol. The van der Waals surface area contributed by atoms with Crippen molar-refractivity contribution in [3.8, 4) is 34.3 Å². The van der Waals surface area contributed by atoms with E-state index in [1.54, 1.807) is 0 Å². The second-order valence-corrected chi connectivity index (χ2v) is 14.6. The Morgan fingerprint density at radius 1 is 0.912 bits per heavy atom. The Labute approximate surface area is 356 Å². The molecule has 1 N–H and O–H groups in total. The first-order valence-electron chi connectivity index (χ1n) is 18.7. The number of aromatic nitrogens is 4. The average Bonchev–Trinajstić information content (AvgIpc) is 3.82. The fraction of sp³-hybridized carbons (Fsp3) is 0.273. The van der Waals surface area contributed by atoms with Gasteiger partial charge in [-0.05, 0) is 109 Å². The molecule has 1 fully saturated rings. The summed E-state index contributed by atoms with van der Waals surface area (Å²) < 4.78 is 12.1. The number of aliphatic carboxylic acids is 1. The molecule has 0 amide bonds. The van der Waals surface area contributed by atoms with Crippen LogP contribution in [0.25, 0.3) is 22.8 Å². The minimum atomic E-state index is -0.725. The van der Waals surface area contributed by atoms with Crippen LogP contribution in [-0.2, 0) is 23.2 Å². The zero-order valence-corrected chi connectivity index (χ0v) is 34.7. The number of tetrazole rings is 1. The number of carboxylic acids is 1. The highest BCUT2D eigenvalue weighted by molar-refractivity contribution is 6.36. The van der Waals surface area contributed by atoms with Crippen LogP contribution in [0, 0.1) is 0 Å². The first-order chi connectivity index (χ1) is 26.8. The van der Waals surface area contributed by atoms with Gasteiger partial charge in [-0.1, -0.05) is 96.9 Å². The van der Waals surface area contributed by atoms with Gasteiger partial charge >= 0.3 is 11.8 Å². The highest BCUT2D eigenvalue weighted by Crippen LogP contribution is 2.47. The Morgan fingerprint density at radius 2 is 1.58 bits per heavy atom. The van der Waals surface area contributed by atoms with Crippen LogP contribution in [0.1, 0.15) is 49.3 Å². The first kappa shape index (κ1) is 43.5. The number of likely N-dealkylation sites (tertiary alicyclic amines) is 1. The van der Waals surface area contributed by atoms with Crippen LogP contribution in [0.15, 0.2) is 121 Å². The topological polar surface area (TPSA) is 93.6 Å². The maximum atomic E-state index is 10.7. The van der Waals surface area contributed by atoms with Gasteiger partial charge in [-0.15, -0.1) is 12.4 Å². The quantitative estimate of drug-likeness (QED) is 0.152. The van der Waals surface area contributed by atoms with E-state index in [2.05, 4.69) is 17.9 Å². The molecule has 5 aromatic carbocycles. The number of piperidine rings is 1. The number of para-hydroxylation sites is 2. The summed E-state index contributed by atoms with van der Waals surface area (Å²) in [6.45, 7) is 5.82. The standard InChI is InChI=1S/C25H29Cl2NO4.C19H15N4.2ClH/c1-2-17-5-8-21(26)19(24(17)27)15-31-18-6-7-20-22(14-18)32-16-25(20)9-12-28(13-10-25)11-3-4-23(29)30;1-4-10-16(11-5-1)19-20-22(17-12-6-2-7-13-17)23(21-19)18-14-8-3-9-15-18;;/h5-8,14H,2-4,9-13,15-16H2,1H3,(H,29,30);1-15H;2*1H/q;+1;;/p-1. The van der Waals surface area contributed by atoms with Crippen molar-refractivity contribution in [2.24, 2.45) is 0 Å². The normalized spacial score (nSPS) is 13.9. The number of rotatable bonds is 11. The van der Waals surface area contributed by atoms with Gasteiger partial charge in [0.05, 0.1) is 22.3 Å². The molecule has 2 aliphatic rings. The van der Waals surface area contributed by atoms with Crippen molar-refractivity contribution in [2.75, 3.05) is 26.2 Å². The van der Waals surface area contributed by atoms with Gasteiger partial charge in [0.2, 0.25) is 0 Å². The number of nitrogens with zero attached hydrogens (tertiary/aromatic N) is 5. The molecule has 0 aliphatic carbocycles. The summed E-state index contributed by atoms with van der Waals surface area (Å²) in [7, 11) is 0. The van der Waals surface area contributed by atoms with Crippen molar-refractivity contribution in [1.29, 1.82) is 0 Å².